The number of anilines is 1. The van der Waals surface area contributed by atoms with Crippen LogP contribution in [-0.2, 0) is 6.42 Å². The van der Waals surface area contributed by atoms with Crippen molar-refractivity contribution in [1.29, 1.82) is 0 Å². The summed E-state index contributed by atoms with van der Waals surface area (Å²) in [7, 11) is 0. The number of allylic oxidation sites excluding steroid dienone is 2. The lowest BCUT2D eigenvalue weighted by molar-refractivity contribution is 0.461. The van der Waals surface area contributed by atoms with Gasteiger partial charge in [-0.05, 0) is 84.7 Å². The van der Waals surface area contributed by atoms with Crippen molar-refractivity contribution in [3.63, 3.8) is 0 Å². The maximum atomic E-state index is 6.67. The summed E-state index contributed by atoms with van der Waals surface area (Å²) in [6.45, 7) is 4.21. The van der Waals surface area contributed by atoms with Gasteiger partial charge < -0.3 is 21.5 Å². The van der Waals surface area contributed by atoms with E-state index in [4.69, 9.17) is 28.1 Å². The van der Waals surface area contributed by atoms with Crippen LogP contribution < -0.4 is 21.5 Å². The first-order valence-electron chi connectivity index (χ1n) is 12.7. The lowest BCUT2D eigenvalue weighted by Crippen LogP contribution is -2.23. The van der Waals surface area contributed by atoms with Crippen LogP contribution in [0, 0.1) is 0 Å². The zero-order chi connectivity index (χ0) is 25.5. The Morgan fingerprint density at radius 1 is 1.14 bits per heavy atom. The molecule has 1 aliphatic carbocycles. The largest absolute Gasteiger partial charge is 0.398 e. The van der Waals surface area contributed by atoms with Crippen molar-refractivity contribution >= 4 is 46.1 Å². The van der Waals surface area contributed by atoms with E-state index in [1.807, 2.05) is 36.5 Å². The molecule has 0 atom stereocenters. The summed E-state index contributed by atoms with van der Waals surface area (Å²) >= 11 is 7.62. The highest BCUT2D eigenvalue weighted by Crippen LogP contribution is 2.28. The van der Waals surface area contributed by atoms with Crippen molar-refractivity contribution in [3.05, 3.63) is 76.2 Å². The Morgan fingerprint density at radius 3 is 2.64 bits per heavy atom. The van der Waals surface area contributed by atoms with Crippen LogP contribution in [0.4, 0.5) is 5.95 Å². The zero-order valence-corrected chi connectivity index (χ0v) is 22.6. The zero-order valence-electron chi connectivity index (χ0n) is 21.0. The predicted octanol–water partition coefficient (Wildman–Crippen LogP) is 6.77. The van der Waals surface area contributed by atoms with Crippen molar-refractivity contribution in [2.75, 3.05) is 5.32 Å². The highest BCUT2D eigenvalue weighted by atomic mass is 35.5. The summed E-state index contributed by atoms with van der Waals surface area (Å²) in [6, 6.07) is 12.3. The molecule has 0 radical (unpaired) electrons. The molecule has 4 rings (SSSR count). The van der Waals surface area contributed by atoms with E-state index in [0.29, 0.717) is 28.5 Å². The van der Waals surface area contributed by atoms with Crippen molar-refractivity contribution < 1.29 is 0 Å². The van der Waals surface area contributed by atoms with Gasteiger partial charge in [-0.1, -0.05) is 56.8 Å². The van der Waals surface area contributed by atoms with Gasteiger partial charge in [-0.3, -0.25) is 0 Å². The third-order valence-electron chi connectivity index (χ3n) is 6.56. The second-order valence-electron chi connectivity index (χ2n) is 9.13. The predicted molar refractivity (Wildman–Crippen MR) is 154 cm³/mol. The van der Waals surface area contributed by atoms with E-state index in [-0.39, 0.29) is 0 Å². The first kappa shape index (κ1) is 26.2. The molecular weight excluding hydrogens is 488 g/mol. The Balaban J connectivity index is 1.58. The molecule has 6 nitrogen and oxygen atoms in total. The smallest absolute Gasteiger partial charge is 0.223 e. The third kappa shape index (κ3) is 6.45. The fourth-order valence-electron chi connectivity index (χ4n) is 4.56. The van der Waals surface area contributed by atoms with Gasteiger partial charge in [-0.2, -0.15) is 0 Å². The Kier molecular flexibility index (Phi) is 8.99. The van der Waals surface area contributed by atoms with E-state index in [0.717, 1.165) is 45.3 Å². The van der Waals surface area contributed by atoms with Crippen LogP contribution in [0.2, 0.25) is 5.02 Å². The van der Waals surface area contributed by atoms with Crippen molar-refractivity contribution in [2.24, 2.45) is 11.5 Å². The second kappa shape index (κ2) is 12.4. The molecule has 0 unspecified atom stereocenters. The van der Waals surface area contributed by atoms with Crippen molar-refractivity contribution in [1.82, 2.24) is 14.7 Å². The van der Waals surface area contributed by atoms with Crippen LogP contribution in [-0.4, -0.2) is 16.0 Å². The summed E-state index contributed by atoms with van der Waals surface area (Å²) in [6.07, 6.45) is 11.6. The third-order valence-corrected chi connectivity index (χ3v) is 7.92. The maximum absolute atomic E-state index is 6.67. The minimum Gasteiger partial charge on any atom is -0.398 e. The molecule has 0 bridgehead atoms. The van der Waals surface area contributed by atoms with Crippen LogP contribution >= 0.6 is 23.5 Å². The van der Waals surface area contributed by atoms with Crippen LogP contribution in [0.5, 0.6) is 0 Å². The average Bonchev–Trinajstić information content (AvgIpc) is 2.90. The maximum Gasteiger partial charge on any atom is 0.223 e. The van der Waals surface area contributed by atoms with Gasteiger partial charge in [-0.15, -0.1) is 0 Å². The molecule has 0 aliphatic heterocycles. The van der Waals surface area contributed by atoms with Crippen LogP contribution in [0.3, 0.4) is 0 Å². The van der Waals surface area contributed by atoms with Gasteiger partial charge in [-0.25, -0.2) is 9.97 Å². The van der Waals surface area contributed by atoms with E-state index >= 15 is 0 Å². The van der Waals surface area contributed by atoms with E-state index in [1.54, 1.807) is 0 Å². The normalized spacial score (nSPS) is 15.6. The molecule has 6 N–H and O–H groups in total. The molecule has 190 valence electrons. The summed E-state index contributed by atoms with van der Waals surface area (Å²) in [5, 5.41) is 5.21. The van der Waals surface area contributed by atoms with Gasteiger partial charge in [0, 0.05) is 28.2 Å². The van der Waals surface area contributed by atoms with Crippen LogP contribution in [0.1, 0.15) is 63.5 Å². The molecule has 3 aromatic rings. The molecule has 8 heteroatoms. The van der Waals surface area contributed by atoms with E-state index in [2.05, 4.69) is 41.0 Å². The molecular formula is C28H35ClN6S. The van der Waals surface area contributed by atoms with E-state index in [9.17, 15) is 0 Å². The highest BCUT2D eigenvalue weighted by molar-refractivity contribution is 7.97. The number of aromatic nitrogens is 2. The van der Waals surface area contributed by atoms with Gasteiger partial charge in [0.1, 0.15) is 5.82 Å². The number of fused-ring (bicyclic) bond motifs is 1. The molecule has 1 saturated carbocycles. The van der Waals surface area contributed by atoms with Gasteiger partial charge in [0.05, 0.1) is 10.5 Å². The topological polar surface area (TPSA) is 102 Å². The molecule has 1 heterocycles. The number of hydrogen-bond donors (Lipinski definition) is 4. The van der Waals surface area contributed by atoms with Crippen LogP contribution in [0.15, 0.2) is 65.0 Å². The first-order valence-corrected chi connectivity index (χ1v) is 13.9. The monoisotopic (exact) mass is 522 g/mol. The standard InChI is InChI=1S/C28H35ClN6S/c1-3-18(16-25(30)35-36-24-13-9-8-12-23(24)29)26(31)20-14-19(4-2)27-21(15-20)17-32-28(34-27)33-22-10-6-5-7-11-22/h8-9,12-17,22,35H,3-7,10-11,30-31H2,1-2H3,(H,32,33,34)/b25-16+,26-18-. The molecule has 36 heavy (non-hydrogen) atoms. The van der Waals surface area contributed by atoms with Crippen molar-refractivity contribution in [2.45, 2.75) is 69.7 Å². The second-order valence-corrected chi connectivity index (χ2v) is 10.4. The van der Waals surface area contributed by atoms with Gasteiger partial charge >= 0.3 is 0 Å². The molecule has 1 aromatic heterocycles. The molecule has 0 saturated heterocycles. The van der Waals surface area contributed by atoms with Gasteiger partial charge in [0.15, 0.2) is 0 Å². The minimum absolute atomic E-state index is 0.466. The molecule has 0 spiro atoms. The number of nitrogens with two attached hydrogens (primary N) is 2. The number of benzene rings is 2. The number of nitrogens with one attached hydrogen (secondary N) is 2. The van der Waals surface area contributed by atoms with E-state index < -0.39 is 0 Å². The summed E-state index contributed by atoms with van der Waals surface area (Å²) in [5.41, 5.74) is 17.7. The molecule has 2 aromatic carbocycles. The Hall–Kier alpha value is -2.90. The molecule has 1 fully saturated rings. The van der Waals surface area contributed by atoms with Crippen molar-refractivity contribution in [3.8, 4) is 0 Å². The van der Waals surface area contributed by atoms with Gasteiger partial charge in [0.25, 0.3) is 0 Å². The Labute approximate surface area is 223 Å². The summed E-state index contributed by atoms with van der Waals surface area (Å²) in [4.78, 5) is 10.4. The quantitative estimate of drug-likeness (QED) is 0.182. The first-order chi connectivity index (χ1) is 17.5. The molecule has 1 aliphatic rings. The highest BCUT2D eigenvalue weighted by Gasteiger charge is 2.15. The average molecular weight is 523 g/mol. The Morgan fingerprint density at radius 2 is 1.92 bits per heavy atom. The number of rotatable bonds is 9. The fourth-order valence-corrected chi connectivity index (χ4v) is 5.41. The van der Waals surface area contributed by atoms with Gasteiger partial charge in [0.2, 0.25) is 5.95 Å². The number of aryl methyl sites for hydroxylation is 1. The molecule has 0 amide bonds. The summed E-state index contributed by atoms with van der Waals surface area (Å²) in [5.74, 6) is 1.23. The van der Waals surface area contributed by atoms with Crippen LogP contribution in [0.25, 0.3) is 16.6 Å². The Bertz CT molecular complexity index is 1270. The van der Waals surface area contributed by atoms with E-state index in [1.165, 1.54) is 44.1 Å². The number of nitrogens with zero attached hydrogens (tertiary/aromatic N) is 2. The minimum atomic E-state index is 0.466. The summed E-state index contributed by atoms with van der Waals surface area (Å²) < 4.78 is 3.16. The number of halogens is 1. The lowest BCUT2D eigenvalue weighted by atomic mass is 9.96. The fraction of sp³-hybridized carbons (Fsp3) is 0.357. The number of hydrogen-bond acceptors (Lipinski definition) is 7. The lowest BCUT2D eigenvalue weighted by Gasteiger charge is -2.22. The SMILES string of the molecule is CCC(/C=C(\N)NSc1ccccc1Cl)=C(/N)c1cc(CC)c2nc(NC3CCCCC3)ncc2c1.